The van der Waals surface area contributed by atoms with E-state index in [0.29, 0.717) is 5.92 Å². The quantitative estimate of drug-likeness (QED) is 0.681. The number of nitrogens with two attached hydrogens (primary N) is 1. The van der Waals surface area contributed by atoms with Gasteiger partial charge >= 0.3 is 0 Å². The molecule has 0 aromatic carbocycles. The third kappa shape index (κ3) is 1.02. The van der Waals surface area contributed by atoms with E-state index in [1.54, 1.807) is 12.7 Å². The molecule has 5 heteroatoms. The molecule has 0 bridgehead atoms. The molecule has 2 aliphatic rings. The van der Waals surface area contributed by atoms with Gasteiger partial charge in [0.05, 0.1) is 12.1 Å². The molecule has 3 rings (SSSR count). The Morgan fingerprint density at radius 2 is 2.14 bits per heavy atom. The second-order valence-electron chi connectivity index (χ2n) is 4.12. The maximum atomic E-state index is 6.11. The maximum Gasteiger partial charge on any atom is 0.119 e. The highest BCUT2D eigenvalue weighted by molar-refractivity contribution is 5.06. The SMILES string of the molecule is NC1C2CCCOC2C1n1cnnc1. The van der Waals surface area contributed by atoms with E-state index in [1.165, 1.54) is 6.42 Å². The van der Waals surface area contributed by atoms with Crippen LogP contribution in [-0.2, 0) is 4.74 Å². The lowest BCUT2D eigenvalue weighted by Gasteiger charge is -2.52. The van der Waals surface area contributed by atoms with Crippen LogP contribution in [0.1, 0.15) is 18.9 Å². The number of hydrogen-bond donors (Lipinski definition) is 1. The van der Waals surface area contributed by atoms with E-state index in [9.17, 15) is 0 Å². The summed E-state index contributed by atoms with van der Waals surface area (Å²) in [6, 6.07) is 0.451. The van der Waals surface area contributed by atoms with Crippen LogP contribution in [0.4, 0.5) is 0 Å². The summed E-state index contributed by atoms with van der Waals surface area (Å²) in [6.45, 7) is 0.868. The van der Waals surface area contributed by atoms with E-state index >= 15 is 0 Å². The molecule has 1 aliphatic carbocycles. The van der Waals surface area contributed by atoms with Crippen molar-refractivity contribution in [2.75, 3.05) is 6.61 Å². The molecule has 14 heavy (non-hydrogen) atoms. The Balaban J connectivity index is 1.82. The maximum absolute atomic E-state index is 6.11. The highest BCUT2D eigenvalue weighted by Gasteiger charge is 2.51. The van der Waals surface area contributed by atoms with Crippen LogP contribution in [0.25, 0.3) is 0 Å². The molecule has 5 nitrogen and oxygen atoms in total. The largest absolute Gasteiger partial charge is 0.376 e. The zero-order valence-electron chi connectivity index (χ0n) is 7.91. The fourth-order valence-corrected chi connectivity index (χ4v) is 2.65. The fourth-order valence-electron chi connectivity index (χ4n) is 2.65. The average Bonchev–Trinajstić information content (AvgIpc) is 2.70. The molecule has 0 amide bonds. The molecule has 0 radical (unpaired) electrons. The third-order valence-corrected chi connectivity index (χ3v) is 3.42. The predicted molar refractivity (Wildman–Crippen MR) is 49.5 cm³/mol. The Hall–Kier alpha value is -0.940. The number of aromatic nitrogens is 3. The van der Waals surface area contributed by atoms with E-state index in [0.717, 1.165) is 13.0 Å². The molecule has 1 aromatic rings. The van der Waals surface area contributed by atoms with Gasteiger partial charge in [-0.3, -0.25) is 0 Å². The molecule has 1 saturated heterocycles. The van der Waals surface area contributed by atoms with Crippen molar-refractivity contribution >= 4 is 0 Å². The highest BCUT2D eigenvalue weighted by atomic mass is 16.5. The van der Waals surface area contributed by atoms with Gasteiger partial charge in [0, 0.05) is 18.6 Å². The van der Waals surface area contributed by atoms with E-state index in [2.05, 4.69) is 10.2 Å². The lowest BCUT2D eigenvalue weighted by atomic mass is 9.68. The minimum atomic E-state index is 0.205. The van der Waals surface area contributed by atoms with Crippen LogP contribution in [0, 0.1) is 5.92 Å². The molecule has 4 atom stereocenters. The van der Waals surface area contributed by atoms with Gasteiger partial charge in [0.15, 0.2) is 0 Å². The second kappa shape index (κ2) is 3.03. The lowest BCUT2D eigenvalue weighted by Crippen LogP contribution is -2.62. The van der Waals surface area contributed by atoms with E-state index < -0.39 is 0 Å². The van der Waals surface area contributed by atoms with E-state index in [1.807, 2.05) is 4.57 Å². The molecule has 2 heterocycles. The zero-order chi connectivity index (χ0) is 9.54. The Labute approximate surface area is 82.3 Å². The number of nitrogens with zero attached hydrogens (tertiary/aromatic N) is 3. The van der Waals surface area contributed by atoms with Crippen molar-refractivity contribution in [2.24, 2.45) is 11.7 Å². The summed E-state index contributed by atoms with van der Waals surface area (Å²) in [5.74, 6) is 0.538. The van der Waals surface area contributed by atoms with Crippen molar-refractivity contribution in [3.05, 3.63) is 12.7 Å². The molecule has 76 valence electrons. The first-order valence-corrected chi connectivity index (χ1v) is 5.09. The fraction of sp³-hybridized carbons (Fsp3) is 0.778. The Kier molecular flexibility index (Phi) is 1.81. The van der Waals surface area contributed by atoms with Crippen LogP contribution in [-0.4, -0.2) is 33.5 Å². The third-order valence-electron chi connectivity index (χ3n) is 3.42. The molecule has 1 aromatic heterocycles. The van der Waals surface area contributed by atoms with E-state index in [4.69, 9.17) is 10.5 Å². The van der Waals surface area contributed by atoms with Crippen molar-refractivity contribution < 1.29 is 4.74 Å². The normalized spacial score (nSPS) is 41.5. The Morgan fingerprint density at radius 1 is 1.36 bits per heavy atom. The molecular formula is C9H14N4O. The van der Waals surface area contributed by atoms with Gasteiger partial charge in [-0.25, -0.2) is 0 Å². The lowest BCUT2D eigenvalue weighted by molar-refractivity contribution is -0.133. The number of hydrogen-bond acceptors (Lipinski definition) is 4. The summed E-state index contributed by atoms with van der Waals surface area (Å²) in [5.41, 5.74) is 6.11. The van der Waals surface area contributed by atoms with Crippen LogP contribution in [0.3, 0.4) is 0 Å². The van der Waals surface area contributed by atoms with Crippen molar-refractivity contribution in [3.63, 3.8) is 0 Å². The first-order chi connectivity index (χ1) is 6.88. The first-order valence-electron chi connectivity index (χ1n) is 5.09. The predicted octanol–water partition coefficient (Wildman–Crippen LogP) is -0.0447. The van der Waals surface area contributed by atoms with Crippen molar-refractivity contribution in [3.8, 4) is 0 Å². The summed E-state index contributed by atoms with van der Waals surface area (Å²) < 4.78 is 7.70. The van der Waals surface area contributed by atoms with Gasteiger partial charge in [-0.1, -0.05) is 0 Å². The monoisotopic (exact) mass is 194 g/mol. The molecule has 0 spiro atoms. The summed E-state index contributed by atoms with van der Waals surface area (Å²) in [4.78, 5) is 0. The number of rotatable bonds is 1. The Morgan fingerprint density at radius 3 is 2.93 bits per heavy atom. The van der Waals surface area contributed by atoms with Gasteiger partial charge < -0.3 is 15.0 Å². The Bertz CT molecular complexity index is 313. The molecule has 1 saturated carbocycles. The van der Waals surface area contributed by atoms with E-state index in [-0.39, 0.29) is 18.2 Å². The topological polar surface area (TPSA) is 66.0 Å². The van der Waals surface area contributed by atoms with Crippen molar-refractivity contribution in [1.82, 2.24) is 14.8 Å². The smallest absolute Gasteiger partial charge is 0.119 e. The number of ether oxygens (including phenoxy) is 1. The van der Waals surface area contributed by atoms with Gasteiger partial charge in [-0.15, -0.1) is 10.2 Å². The highest BCUT2D eigenvalue weighted by Crippen LogP contribution is 2.44. The standard InChI is InChI=1S/C9H14N4O/c10-7-6-2-1-3-14-9(6)8(7)13-4-11-12-5-13/h4-9H,1-3,10H2. The number of fused-ring (bicyclic) bond motifs is 1. The molecular weight excluding hydrogens is 180 g/mol. The van der Waals surface area contributed by atoms with Crippen LogP contribution in [0.2, 0.25) is 0 Å². The van der Waals surface area contributed by atoms with Gasteiger partial charge in [-0.05, 0) is 12.8 Å². The van der Waals surface area contributed by atoms with Gasteiger partial charge in [0.1, 0.15) is 12.7 Å². The van der Waals surface area contributed by atoms with Crippen LogP contribution < -0.4 is 5.73 Å². The first kappa shape index (κ1) is 8.38. The van der Waals surface area contributed by atoms with Gasteiger partial charge in [0.2, 0.25) is 0 Å². The summed E-state index contributed by atoms with van der Waals surface area (Å²) in [7, 11) is 0. The van der Waals surface area contributed by atoms with Gasteiger partial charge in [-0.2, -0.15) is 0 Å². The molecule has 2 N–H and O–H groups in total. The molecule has 1 aliphatic heterocycles. The van der Waals surface area contributed by atoms with Crippen LogP contribution >= 0.6 is 0 Å². The van der Waals surface area contributed by atoms with Crippen molar-refractivity contribution in [2.45, 2.75) is 31.0 Å². The average molecular weight is 194 g/mol. The summed E-state index contributed by atoms with van der Waals surface area (Å²) >= 11 is 0. The zero-order valence-corrected chi connectivity index (χ0v) is 7.91. The van der Waals surface area contributed by atoms with Gasteiger partial charge in [0.25, 0.3) is 0 Å². The molecule has 4 unspecified atom stereocenters. The van der Waals surface area contributed by atoms with Crippen LogP contribution in [0.15, 0.2) is 12.7 Å². The minimum absolute atomic E-state index is 0.205. The van der Waals surface area contributed by atoms with Crippen molar-refractivity contribution in [1.29, 1.82) is 0 Å². The summed E-state index contributed by atoms with van der Waals surface area (Å²) in [5, 5.41) is 7.60. The molecule has 2 fully saturated rings. The minimum Gasteiger partial charge on any atom is -0.376 e. The van der Waals surface area contributed by atoms with Crippen LogP contribution in [0.5, 0.6) is 0 Å². The second-order valence-corrected chi connectivity index (χ2v) is 4.12. The summed E-state index contributed by atoms with van der Waals surface area (Å²) in [6.07, 6.45) is 6.07.